The van der Waals surface area contributed by atoms with E-state index in [1.165, 1.54) is 11.0 Å². The Morgan fingerprint density at radius 3 is 2.36 bits per heavy atom. The quantitative estimate of drug-likeness (QED) is 0.597. The number of aliphatic hydroxyl groups excluding tert-OH is 1. The molecular formula is C8H15NO2. The predicted octanol–water partition coefficient (Wildman–Crippen LogP) is 0.258. The maximum absolute atomic E-state index is 11.2. The minimum atomic E-state index is -0.745. The lowest BCUT2D eigenvalue weighted by atomic mass is 10.0. The van der Waals surface area contributed by atoms with Crippen LogP contribution in [0.5, 0.6) is 0 Å². The fraction of sp³-hybridized carbons (Fsp3) is 0.625. The molecule has 0 aliphatic rings. The summed E-state index contributed by atoms with van der Waals surface area (Å²) in [5.41, 5.74) is 0. The van der Waals surface area contributed by atoms with Crippen LogP contribution in [0.25, 0.3) is 0 Å². The van der Waals surface area contributed by atoms with Crippen LogP contribution in [0.4, 0.5) is 0 Å². The molecule has 0 aromatic rings. The topological polar surface area (TPSA) is 40.5 Å². The van der Waals surface area contributed by atoms with Gasteiger partial charge in [-0.05, 0) is 0 Å². The number of hydrogen-bond donors (Lipinski definition) is 1. The van der Waals surface area contributed by atoms with Crippen LogP contribution in [0.2, 0.25) is 0 Å². The molecule has 0 bridgehead atoms. The largest absolute Gasteiger partial charge is 0.388 e. The third-order valence-electron chi connectivity index (χ3n) is 1.58. The van der Waals surface area contributed by atoms with Crippen molar-refractivity contribution in [3.63, 3.8) is 0 Å². The third-order valence-corrected chi connectivity index (χ3v) is 1.58. The molecule has 3 nitrogen and oxygen atoms in total. The molecule has 1 amide bonds. The van der Waals surface area contributed by atoms with Crippen molar-refractivity contribution in [2.24, 2.45) is 5.92 Å². The average Bonchev–Trinajstić information content (AvgIpc) is 2.00. The molecule has 0 aliphatic carbocycles. The van der Waals surface area contributed by atoms with Crippen LogP contribution < -0.4 is 0 Å². The molecule has 0 unspecified atom stereocenters. The van der Waals surface area contributed by atoms with Gasteiger partial charge in [-0.2, -0.15) is 0 Å². The van der Waals surface area contributed by atoms with E-state index in [0.717, 1.165) is 0 Å². The summed E-state index contributed by atoms with van der Waals surface area (Å²) in [6, 6.07) is 0. The van der Waals surface area contributed by atoms with Crippen LogP contribution in [0.3, 0.4) is 0 Å². The van der Waals surface area contributed by atoms with E-state index < -0.39 is 12.0 Å². The van der Waals surface area contributed by atoms with Gasteiger partial charge in [0.25, 0.3) is 0 Å². The molecule has 0 saturated heterocycles. The number of aliphatic hydroxyl groups is 1. The fourth-order valence-corrected chi connectivity index (χ4v) is 0.757. The van der Waals surface area contributed by atoms with Crippen LogP contribution in [-0.2, 0) is 4.79 Å². The van der Waals surface area contributed by atoms with Gasteiger partial charge >= 0.3 is 0 Å². The Morgan fingerprint density at radius 1 is 1.64 bits per heavy atom. The highest BCUT2D eigenvalue weighted by molar-refractivity contribution is 5.78. The second-order valence-electron chi connectivity index (χ2n) is 2.75. The van der Waals surface area contributed by atoms with E-state index in [4.69, 9.17) is 0 Å². The van der Waals surface area contributed by atoms with Crippen molar-refractivity contribution in [2.45, 2.75) is 13.0 Å². The molecule has 64 valence electrons. The number of hydrogen-bond acceptors (Lipinski definition) is 2. The summed E-state index contributed by atoms with van der Waals surface area (Å²) in [6.45, 7) is 5.08. The Hall–Kier alpha value is -0.830. The minimum Gasteiger partial charge on any atom is -0.388 e. The maximum atomic E-state index is 11.2. The Kier molecular flexibility index (Phi) is 3.82. The van der Waals surface area contributed by atoms with Crippen molar-refractivity contribution in [3.8, 4) is 0 Å². The fourth-order valence-electron chi connectivity index (χ4n) is 0.757. The first-order valence-corrected chi connectivity index (χ1v) is 3.52. The Morgan fingerprint density at radius 2 is 2.09 bits per heavy atom. The summed E-state index contributed by atoms with van der Waals surface area (Å²) in [5.74, 6) is -0.486. The lowest BCUT2D eigenvalue weighted by Crippen LogP contribution is -2.34. The van der Waals surface area contributed by atoms with Crippen LogP contribution in [0, 0.1) is 5.92 Å². The van der Waals surface area contributed by atoms with Gasteiger partial charge in [-0.1, -0.05) is 13.0 Å². The molecule has 0 heterocycles. The highest BCUT2D eigenvalue weighted by atomic mass is 16.3. The molecule has 0 aromatic carbocycles. The molecule has 0 saturated carbocycles. The monoisotopic (exact) mass is 157 g/mol. The molecular weight excluding hydrogens is 142 g/mol. The van der Waals surface area contributed by atoms with Gasteiger partial charge in [-0.15, -0.1) is 6.58 Å². The molecule has 0 spiro atoms. The maximum Gasteiger partial charge on any atom is 0.227 e. The van der Waals surface area contributed by atoms with E-state index in [2.05, 4.69) is 6.58 Å². The summed E-state index contributed by atoms with van der Waals surface area (Å²) >= 11 is 0. The summed E-state index contributed by atoms with van der Waals surface area (Å²) in [5, 5.41) is 9.18. The standard InChI is InChI=1S/C8H15NO2/c1-5-7(10)6(2)8(11)9(3)4/h5-7,10H,1H2,2-4H3/t6-,7+/m0/s1. The summed E-state index contributed by atoms with van der Waals surface area (Å²) in [6.07, 6.45) is 0.622. The van der Waals surface area contributed by atoms with Crippen molar-refractivity contribution < 1.29 is 9.90 Å². The third kappa shape index (κ3) is 2.72. The molecule has 0 radical (unpaired) electrons. The van der Waals surface area contributed by atoms with Gasteiger partial charge in [0.1, 0.15) is 0 Å². The number of amides is 1. The van der Waals surface area contributed by atoms with Crippen LogP contribution in [-0.4, -0.2) is 36.1 Å². The van der Waals surface area contributed by atoms with Gasteiger partial charge in [-0.25, -0.2) is 0 Å². The van der Waals surface area contributed by atoms with Gasteiger partial charge in [0, 0.05) is 14.1 Å². The molecule has 1 N–H and O–H groups in total. The lowest BCUT2D eigenvalue weighted by molar-refractivity contribution is -0.134. The Bertz CT molecular complexity index is 154. The number of carbonyl (C=O) groups excluding carboxylic acids is 1. The molecule has 3 heteroatoms. The predicted molar refractivity (Wildman–Crippen MR) is 44.1 cm³/mol. The minimum absolute atomic E-state index is 0.0857. The molecule has 11 heavy (non-hydrogen) atoms. The summed E-state index contributed by atoms with van der Waals surface area (Å²) in [7, 11) is 3.32. The second-order valence-corrected chi connectivity index (χ2v) is 2.75. The summed E-state index contributed by atoms with van der Waals surface area (Å²) in [4.78, 5) is 12.6. The van der Waals surface area contributed by atoms with Gasteiger partial charge < -0.3 is 10.0 Å². The van der Waals surface area contributed by atoms with Crippen molar-refractivity contribution >= 4 is 5.91 Å². The highest BCUT2D eigenvalue weighted by Crippen LogP contribution is 2.06. The zero-order valence-corrected chi connectivity index (χ0v) is 7.24. The van der Waals surface area contributed by atoms with Crippen molar-refractivity contribution in [2.75, 3.05) is 14.1 Å². The normalized spacial score (nSPS) is 15.3. The van der Waals surface area contributed by atoms with E-state index in [9.17, 15) is 9.90 Å². The van der Waals surface area contributed by atoms with Gasteiger partial charge in [0.15, 0.2) is 0 Å². The first-order chi connectivity index (χ1) is 5.00. The zero-order valence-electron chi connectivity index (χ0n) is 7.24. The van der Waals surface area contributed by atoms with Crippen molar-refractivity contribution in [1.82, 2.24) is 4.90 Å². The van der Waals surface area contributed by atoms with Crippen LogP contribution >= 0.6 is 0 Å². The highest BCUT2D eigenvalue weighted by Gasteiger charge is 2.20. The Labute approximate surface area is 67.3 Å². The van der Waals surface area contributed by atoms with E-state index in [0.29, 0.717) is 0 Å². The second kappa shape index (κ2) is 4.13. The van der Waals surface area contributed by atoms with Crippen LogP contribution in [0.1, 0.15) is 6.92 Å². The van der Waals surface area contributed by atoms with E-state index in [1.54, 1.807) is 21.0 Å². The van der Waals surface area contributed by atoms with Crippen LogP contribution in [0.15, 0.2) is 12.7 Å². The van der Waals surface area contributed by atoms with E-state index >= 15 is 0 Å². The zero-order chi connectivity index (χ0) is 9.02. The number of nitrogens with zero attached hydrogens (tertiary/aromatic N) is 1. The first-order valence-electron chi connectivity index (χ1n) is 3.52. The van der Waals surface area contributed by atoms with Crippen molar-refractivity contribution in [1.29, 1.82) is 0 Å². The SMILES string of the molecule is C=C[C@@H](O)[C@H](C)C(=O)N(C)C. The van der Waals surface area contributed by atoms with Crippen molar-refractivity contribution in [3.05, 3.63) is 12.7 Å². The van der Waals surface area contributed by atoms with Gasteiger partial charge in [0.05, 0.1) is 12.0 Å². The number of rotatable bonds is 3. The first kappa shape index (κ1) is 10.2. The average molecular weight is 157 g/mol. The van der Waals surface area contributed by atoms with E-state index in [-0.39, 0.29) is 5.91 Å². The Balaban J connectivity index is 4.12. The molecule has 2 atom stereocenters. The summed E-state index contributed by atoms with van der Waals surface area (Å²) < 4.78 is 0. The molecule has 0 aromatic heterocycles. The smallest absolute Gasteiger partial charge is 0.227 e. The molecule has 0 rings (SSSR count). The molecule has 0 fully saturated rings. The number of carbonyl (C=O) groups is 1. The van der Waals surface area contributed by atoms with E-state index in [1.807, 2.05) is 0 Å². The van der Waals surface area contributed by atoms with Gasteiger partial charge in [0.2, 0.25) is 5.91 Å². The van der Waals surface area contributed by atoms with Gasteiger partial charge in [-0.3, -0.25) is 4.79 Å². The molecule has 0 aliphatic heterocycles. The lowest BCUT2D eigenvalue weighted by Gasteiger charge is -2.18.